The van der Waals surface area contributed by atoms with Crippen LogP contribution in [0.3, 0.4) is 0 Å². The maximum Gasteiger partial charge on any atom is 0.410 e. The summed E-state index contributed by atoms with van der Waals surface area (Å²) in [7, 11) is 0. The van der Waals surface area contributed by atoms with Gasteiger partial charge >= 0.3 is 6.09 Å². The van der Waals surface area contributed by atoms with Crippen molar-refractivity contribution >= 4 is 22.0 Å². The van der Waals surface area contributed by atoms with Crippen molar-refractivity contribution in [1.82, 2.24) is 14.9 Å². The van der Waals surface area contributed by atoms with Gasteiger partial charge in [0, 0.05) is 11.0 Å². The van der Waals surface area contributed by atoms with Gasteiger partial charge in [0.25, 0.3) is 0 Å². The lowest BCUT2D eigenvalue weighted by Crippen LogP contribution is -2.37. The van der Waals surface area contributed by atoms with Crippen LogP contribution in [0.4, 0.5) is 4.79 Å². The summed E-state index contributed by atoms with van der Waals surface area (Å²) in [4.78, 5) is 22.9. The van der Waals surface area contributed by atoms with Crippen molar-refractivity contribution in [3.63, 3.8) is 0 Å². The number of halogens is 1. The summed E-state index contributed by atoms with van der Waals surface area (Å²) in [5.41, 5.74) is 4.83. The van der Waals surface area contributed by atoms with Gasteiger partial charge in [0.2, 0.25) is 0 Å². The minimum absolute atomic E-state index is 0.102. The number of imidazole rings is 1. The molecule has 0 saturated carbocycles. The number of carbonyl (C=O) groups is 1. The van der Waals surface area contributed by atoms with Crippen LogP contribution in [0.1, 0.15) is 51.7 Å². The topological polar surface area (TPSA) is 58.2 Å². The minimum atomic E-state index is -0.520. The zero-order chi connectivity index (χ0) is 23.0. The maximum atomic E-state index is 12.8. The molecule has 2 aromatic carbocycles. The van der Waals surface area contributed by atoms with E-state index >= 15 is 0 Å². The monoisotopic (exact) mass is 495 g/mol. The second kappa shape index (κ2) is 8.74. The van der Waals surface area contributed by atoms with Crippen LogP contribution in [0.25, 0.3) is 22.4 Å². The van der Waals surface area contributed by atoms with Crippen LogP contribution in [0.2, 0.25) is 0 Å². The van der Waals surface area contributed by atoms with Crippen LogP contribution in [0.5, 0.6) is 0 Å². The zero-order valence-corrected chi connectivity index (χ0v) is 20.9. The van der Waals surface area contributed by atoms with Crippen molar-refractivity contribution in [1.29, 1.82) is 0 Å². The molecule has 0 unspecified atom stereocenters. The fraction of sp³-hybridized carbons (Fsp3) is 0.385. The Balaban J connectivity index is 1.58. The van der Waals surface area contributed by atoms with E-state index in [-0.39, 0.29) is 12.1 Å². The van der Waals surface area contributed by atoms with Gasteiger partial charge in [-0.3, -0.25) is 4.90 Å². The summed E-state index contributed by atoms with van der Waals surface area (Å²) in [6.45, 7) is 10.5. The molecular weight excluding hydrogens is 466 g/mol. The van der Waals surface area contributed by atoms with Gasteiger partial charge in [-0.25, -0.2) is 9.78 Å². The highest BCUT2D eigenvalue weighted by molar-refractivity contribution is 9.10. The average molecular weight is 496 g/mol. The number of hydrogen-bond acceptors (Lipinski definition) is 3. The van der Waals surface area contributed by atoms with Gasteiger partial charge in [-0.15, -0.1) is 0 Å². The summed E-state index contributed by atoms with van der Waals surface area (Å²) >= 11 is 3.49. The molecular formula is C26H30BrN3O2. The van der Waals surface area contributed by atoms with Gasteiger partial charge in [-0.1, -0.05) is 59.3 Å². The molecule has 2 heterocycles. The number of carbonyl (C=O) groups excluding carboxylic acids is 1. The quantitative estimate of drug-likeness (QED) is 0.420. The lowest BCUT2D eigenvalue weighted by Gasteiger charge is -2.27. The van der Waals surface area contributed by atoms with Crippen molar-refractivity contribution < 1.29 is 9.53 Å². The second-order valence-corrected chi connectivity index (χ2v) is 10.6. The Bertz CT molecular complexity index is 1100. The van der Waals surface area contributed by atoms with Gasteiger partial charge in [0.05, 0.1) is 17.4 Å². The highest BCUT2D eigenvalue weighted by atomic mass is 79.9. The first-order valence-electron chi connectivity index (χ1n) is 11.0. The van der Waals surface area contributed by atoms with Gasteiger partial charge in [-0.2, -0.15) is 0 Å². The van der Waals surface area contributed by atoms with E-state index in [0.717, 1.165) is 33.7 Å². The SMILES string of the molecule is Cc1nc([C@@H]2C[C@H](C)CN2C(=O)OC(C)(C)C)[nH]c1-c1ccc(-c2ccc(Br)cc2)cc1. The lowest BCUT2D eigenvalue weighted by molar-refractivity contribution is 0.0214. The van der Waals surface area contributed by atoms with E-state index in [2.05, 4.69) is 64.2 Å². The van der Waals surface area contributed by atoms with Crippen molar-refractivity contribution in [2.45, 2.75) is 52.7 Å². The predicted octanol–water partition coefficient (Wildman–Crippen LogP) is 7.13. The summed E-state index contributed by atoms with van der Waals surface area (Å²) in [6.07, 6.45) is 0.593. The molecule has 0 bridgehead atoms. The van der Waals surface area contributed by atoms with E-state index in [1.807, 2.05) is 44.7 Å². The summed E-state index contributed by atoms with van der Waals surface area (Å²) < 4.78 is 6.72. The first kappa shape index (κ1) is 22.6. The van der Waals surface area contributed by atoms with Crippen LogP contribution < -0.4 is 0 Å². The van der Waals surface area contributed by atoms with Crippen LogP contribution in [0, 0.1) is 12.8 Å². The molecule has 4 rings (SSSR count). The van der Waals surface area contributed by atoms with E-state index in [1.165, 1.54) is 11.1 Å². The molecule has 0 spiro atoms. The van der Waals surface area contributed by atoms with Crippen molar-refractivity contribution in [2.75, 3.05) is 6.54 Å². The van der Waals surface area contributed by atoms with Gasteiger partial charge in [0.15, 0.2) is 0 Å². The molecule has 168 valence electrons. The maximum absolute atomic E-state index is 12.8. The van der Waals surface area contributed by atoms with E-state index in [1.54, 1.807) is 0 Å². The Morgan fingerprint density at radius 3 is 2.22 bits per heavy atom. The normalized spacial score (nSPS) is 18.8. The first-order valence-corrected chi connectivity index (χ1v) is 11.8. The molecule has 32 heavy (non-hydrogen) atoms. The van der Waals surface area contributed by atoms with E-state index in [0.29, 0.717) is 12.5 Å². The number of nitrogens with one attached hydrogen (secondary N) is 1. The molecule has 0 aliphatic carbocycles. The molecule has 1 aliphatic heterocycles. The number of nitrogens with zero attached hydrogens (tertiary/aromatic N) is 2. The Kier molecular flexibility index (Phi) is 6.17. The Morgan fingerprint density at radius 2 is 1.62 bits per heavy atom. The molecule has 1 fully saturated rings. The third-order valence-corrected chi connectivity index (χ3v) is 6.24. The Labute approximate surface area is 198 Å². The van der Waals surface area contributed by atoms with E-state index in [4.69, 9.17) is 9.72 Å². The van der Waals surface area contributed by atoms with Crippen LogP contribution >= 0.6 is 15.9 Å². The molecule has 0 radical (unpaired) electrons. The smallest absolute Gasteiger partial charge is 0.410 e. The molecule has 2 atom stereocenters. The fourth-order valence-corrected chi connectivity index (χ4v) is 4.49. The number of aryl methyl sites for hydroxylation is 1. The van der Waals surface area contributed by atoms with Gasteiger partial charge in [-0.05, 0) is 68.9 Å². The number of ether oxygens (including phenoxy) is 1. The van der Waals surface area contributed by atoms with Crippen LogP contribution in [0.15, 0.2) is 53.0 Å². The van der Waals surface area contributed by atoms with E-state index in [9.17, 15) is 4.79 Å². The number of aromatic amines is 1. The summed E-state index contributed by atoms with van der Waals surface area (Å²) in [5.74, 6) is 1.22. The first-order chi connectivity index (χ1) is 15.1. The molecule has 6 heteroatoms. The van der Waals surface area contributed by atoms with Gasteiger partial charge < -0.3 is 9.72 Å². The Hall–Kier alpha value is -2.60. The molecule has 1 aliphatic rings. The third kappa shape index (κ3) is 4.90. The molecule has 1 saturated heterocycles. The minimum Gasteiger partial charge on any atom is -0.444 e. The third-order valence-electron chi connectivity index (χ3n) is 5.71. The summed E-state index contributed by atoms with van der Waals surface area (Å²) in [6, 6.07) is 16.7. The van der Waals surface area contributed by atoms with Crippen LogP contribution in [-0.2, 0) is 4.74 Å². The van der Waals surface area contributed by atoms with Crippen LogP contribution in [-0.4, -0.2) is 33.1 Å². The number of aromatic nitrogens is 2. The number of likely N-dealkylation sites (tertiary alicyclic amines) is 1. The fourth-order valence-electron chi connectivity index (χ4n) is 4.22. The lowest BCUT2D eigenvalue weighted by atomic mass is 10.0. The highest BCUT2D eigenvalue weighted by Gasteiger charge is 2.38. The zero-order valence-electron chi connectivity index (χ0n) is 19.3. The average Bonchev–Trinajstić information content (AvgIpc) is 3.30. The number of amides is 1. The molecule has 5 nitrogen and oxygen atoms in total. The highest BCUT2D eigenvalue weighted by Crippen LogP contribution is 2.37. The van der Waals surface area contributed by atoms with Gasteiger partial charge in [0.1, 0.15) is 11.4 Å². The standard InChI is InChI=1S/C26H30BrN3O2/c1-16-14-22(30(15-16)25(31)32-26(3,4)5)24-28-17(2)23(29-24)20-8-6-18(7-9-20)19-10-12-21(27)13-11-19/h6-13,16,22H,14-15H2,1-5H3,(H,28,29)/t16-,22-/m0/s1. The Morgan fingerprint density at radius 1 is 1.06 bits per heavy atom. The predicted molar refractivity (Wildman–Crippen MR) is 131 cm³/mol. The molecule has 1 N–H and O–H groups in total. The number of rotatable bonds is 3. The van der Waals surface area contributed by atoms with Crippen molar-refractivity contribution in [2.24, 2.45) is 5.92 Å². The molecule has 1 aromatic heterocycles. The number of benzene rings is 2. The van der Waals surface area contributed by atoms with E-state index < -0.39 is 5.60 Å². The van der Waals surface area contributed by atoms with Crippen molar-refractivity contribution in [3.05, 3.63) is 64.5 Å². The van der Waals surface area contributed by atoms with Crippen molar-refractivity contribution in [3.8, 4) is 22.4 Å². The largest absolute Gasteiger partial charge is 0.444 e. The number of H-pyrrole nitrogens is 1. The molecule has 3 aromatic rings. The summed E-state index contributed by atoms with van der Waals surface area (Å²) in [5, 5.41) is 0. The number of hydrogen-bond donors (Lipinski definition) is 1. The second-order valence-electron chi connectivity index (χ2n) is 9.66. The molecule has 1 amide bonds.